The van der Waals surface area contributed by atoms with Crippen LogP contribution in [-0.2, 0) is 0 Å². The van der Waals surface area contributed by atoms with E-state index >= 15 is 0 Å². The van der Waals surface area contributed by atoms with Gasteiger partial charge in [0.05, 0.1) is 10.7 Å². The molecule has 0 aliphatic heterocycles. The van der Waals surface area contributed by atoms with Crippen molar-refractivity contribution in [3.05, 3.63) is 28.8 Å². The Hall–Kier alpha value is -0.870. The van der Waals surface area contributed by atoms with Crippen molar-refractivity contribution in [2.75, 3.05) is 11.5 Å². The van der Waals surface area contributed by atoms with Gasteiger partial charge in [0, 0.05) is 16.9 Å². The molecule has 1 saturated carbocycles. The number of halogens is 1. The Morgan fingerprint density at radius 1 is 1.53 bits per heavy atom. The average Bonchev–Trinajstić information content (AvgIpc) is 2.80. The summed E-state index contributed by atoms with van der Waals surface area (Å²) in [6.07, 6.45) is 3.31. The number of hydrogen-bond donors (Lipinski definition) is 2. The van der Waals surface area contributed by atoms with E-state index in [-0.39, 0.29) is 11.9 Å². The van der Waals surface area contributed by atoms with Gasteiger partial charge in [0.1, 0.15) is 0 Å². The van der Waals surface area contributed by atoms with Gasteiger partial charge in [-0.05, 0) is 43.2 Å². The van der Waals surface area contributed by atoms with Crippen LogP contribution in [0, 0.1) is 0 Å². The molecule has 104 valence electrons. The summed E-state index contributed by atoms with van der Waals surface area (Å²) in [6.45, 7) is 2.17. The van der Waals surface area contributed by atoms with Crippen LogP contribution in [0.1, 0.15) is 36.5 Å². The zero-order chi connectivity index (χ0) is 13.8. The first-order valence-electron chi connectivity index (χ1n) is 6.57. The number of benzene rings is 1. The van der Waals surface area contributed by atoms with E-state index in [2.05, 4.69) is 12.2 Å². The summed E-state index contributed by atoms with van der Waals surface area (Å²) in [7, 11) is 0. The van der Waals surface area contributed by atoms with Crippen molar-refractivity contribution in [2.24, 2.45) is 0 Å². The van der Waals surface area contributed by atoms with Gasteiger partial charge in [0.25, 0.3) is 5.91 Å². The second-order valence-corrected chi connectivity index (χ2v) is 6.78. The molecule has 0 heterocycles. The number of nitrogens with one attached hydrogen (secondary N) is 1. The van der Waals surface area contributed by atoms with E-state index in [0.717, 1.165) is 18.6 Å². The highest BCUT2D eigenvalue weighted by molar-refractivity contribution is 7.99. The van der Waals surface area contributed by atoms with E-state index in [1.807, 2.05) is 11.8 Å². The fourth-order valence-electron chi connectivity index (χ4n) is 2.40. The lowest BCUT2D eigenvalue weighted by atomic mass is 10.1. The maximum Gasteiger partial charge on any atom is 0.251 e. The average molecular weight is 299 g/mol. The molecule has 1 fully saturated rings. The highest BCUT2D eigenvalue weighted by Crippen LogP contribution is 2.30. The normalized spacial score (nSPS) is 22.4. The van der Waals surface area contributed by atoms with Crippen molar-refractivity contribution >= 4 is 35.0 Å². The molecule has 0 radical (unpaired) electrons. The fourth-order valence-corrected chi connectivity index (χ4v) is 3.72. The summed E-state index contributed by atoms with van der Waals surface area (Å²) in [6, 6.07) is 5.29. The first-order valence-corrected chi connectivity index (χ1v) is 8.00. The van der Waals surface area contributed by atoms with Crippen LogP contribution in [0.4, 0.5) is 5.69 Å². The summed E-state index contributed by atoms with van der Waals surface area (Å²) in [5.74, 6) is 1.08. The zero-order valence-corrected chi connectivity index (χ0v) is 12.6. The molecule has 3 N–H and O–H groups in total. The topological polar surface area (TPSA) is 55.1 Å². The number of nitrogens with two attached hydrogens (primary N) is 1. The van der Waals surface area contributed by atoms with Crippen LogP contribution < -0.4 is 11.1 Å². The van der Waals surface area contributed by atoms with Gasteiger partial charge < -0.3 is 11.1 Å². The third-order valence-corrected chi connectivity index (χ3v) is 4.94. The standard InChI is InChI=1S/C14H19ClN2OS/c1-2-19-11-5-4-10(8-11)17-14(18)9-3-6-13(16)12(15)7-9/h3,6-7,10-11H,2,4-5,8,16H2,1H3,(H,17,18). The molecule has 0 spiro atoms. The summed E-state index contributed by atoms with van der Waals surface area (Å²) in [5.41, 5.74) is 6.71. The third-order valence-electron chi connectivity index (χ3n) is 3.38. The van der Waals surface area contributed by atoms with Crippen LogP contribution in [-0.4, -0.2) is 23.0 Å². The van der Waals surface area contributed by atoms with E-state index in [0.29, 0.717) is 21.5 Å². The van der Waals surface area contributed by atoms with Crippen molar-refractivity contribution < 1.29 is 4.79 Å². The number of hydrogen-bond acceptors (Lipinski definition) is 3. The molecule has 0 bridgehead atoms. The molecular formula is C14H19ClN2OS. The molecule has 2 atom stereocenters. The number of nitrogen functional groups attached to an aromatic ring is 1. The van der Waals surface area contributed by atoms with Gasteiger partial charge in [-0.3, -0.25) is 4.79 Å². The number of rotatable bonds is 4. The maximum absolute atomic E-state index is 12.1. The molecule has 3 nitrogen and oxygen atoms in total. The molecule has 0 aromatic heterocycles. The van der Waals surface area contributed by atoms with E-state index < -0.39 is 0 Å². The molecule has 2 unspecified atom stereocenters. The van der Waals surface area contributed by atoms with Crippen molar-refractivity contribution in [1.82, 2.24) is 5.32 Å². The molecule has 2 rings (SSSR count). The van der Waals surface area contributed by atoms with Gasteiger partial charge in [-0.15, -0.1) is 0 Å². The Morgan fingerprint density at radius 2 is 2.32 bits per heavy atom. The predicted octanol–water partition coefficient (Wildman–Crippen LogP) is 3.33. The van der Waals surface area contributed by atoms with Gasteiger partial charge in [-0.2, -0.15) is 11.8 Å². The van der Waals surface area contributed by atoms with Crippen LogP contribution in [0.15, 0.2) is 18.2 Å². The summed E-state index contributed by atoms with van der Waals surface area (Å²) >= 11 is 7.91. The smallest absolute Gasteiger partial charge is 0.251 e. The SMILES string of the molecule is CCSC1CCC(NC(=O)c2ccc(N)c(Cl)c2)C1. The third kappa shape index (κ3) is 3.80. The lowest BCUT2D eigenvalue weighted by Gasteiger charge is -2.13. The number of amides is 1. The predicted molar refractivity (Wildman–Crippen MR) is 82.9 cm³/mol. The summed E-state index contributed by atoms with van der Waals surface area (Å²) < 4.78 is 0. The minimum Gasteiger partial charge on any atom is -0.398 e. The van der Waals surface area contributed by atoms with Crippen LogP contribution in [0.3, 0.4) is 0 Å². The first kappa shape index (κ1) is 14.5. The quantitative estimate of drug-likeness (QED) is 0.838. The van der Waals surface area contributed by atoms with E-state index in [1.54, 1.807) is 18.2 Å². The number of anilines is 1. The van der Waals surface area contributed by atoms with Gasteiger partial charge >= 0.3 is 0 Å². The van der Waals surface area contributed by atoms with E-state index in [4.69, 9.17) is 17.3 Å². The van der Waals surface area contributed by atoms with Crippen LogP contribution >= 0.6 is 23.4 Å². The maximum atomic E-state index is 12.1. The number of carbonyl (C=O) groups excluding carboxylic acids is 1. The minimum absolute atomic E-state index is 0.0611. The Morgan fingerprint density at radius 3 is 3.00 bits per heavy atom. The molecule has 1 aliphatic carbocycles. The molecule has 0 saturated heterocycles. The lowest BCUT2D eigenvalue weighted by Crippen LogP contribution is -2.33. The highest BCUT2D eigenvalue weighted by atomic mass is 35.5. The van der Waals surface area contributed by atoms with E-state index in [9.17, 15) is 4.79 Å². The Balaban J connectivity index is 1.92. The Bertz CT molecular complexity index is 467. The molecular weight excluding hydrogens is 280 g/mol. The summed E-state index contributed by atoms with van der Waals surface area (Å²) in [5, 5.41) is 4.19. The fraction of sp³-hybridized carbons (Fsp3) is 0.500. The van der Waals surface area contributed by atoms with Gasteiger partial charge in [-0.1, -0.05) is 18.5 Å². The zero-order valence-electron chi connectivity index (χ0n) is 11.0. The van der Waals surface area contributed by atoms with Gasteiger partial charge in [0.2, 0.25) is 0 Å². The van der Waals surface area contributed by atoms with Crippen LogP contribution in [0.2, 0.25) is 5.02 Å². The van der Waals surface area contributed by atoms with Gasteiger partial charge in [-0.25, -0.2) is 0 Å². The molecule has 19 heavy (non-hydrogen) atoms. The number of thioether (sulfide) groups is 1. The van der Waals surface area contributed by atoms with Crippen LogP contribution in [0.25, 0.3) is 0 Å². The minimum atomic E-state index is -0.0611. The molecule has 5 heteroatoms. The monoisotopic (exact) mass is 298 g/mol. The summed E-state index contributed by atoms with van der Waals surface area (Å²) in [4.78, 5) is 12.1. The van der Waals surface area contributed by atoms with Gasteiger partial charge in [0.15, 0.2) is 0 Å². The van der Waals surface area contributed by atoms with Crippen molar-refractivity contribution in [3.8, 4) is 0 Å². The largest absolute Gasteiger partial charge is 0.398 e. The Labute approximate surface area is 123 Å². The molecule has 1 aromatic rings. The molecule has 1 aromatic carbocycles. The number of carbonyl (C=O) groups is 1. The second-order valence-electron chi connectivity index (χ2n) is 4.80. The van der Waals surface area contributed by atoms with Crippen molar-refractivity contribution in [2.45, 2.75) is 37.5 Å². The molecule has 1 aliphatic rings. The van der Waals surface area contributed by atoms with Crippen molar-refractivity contribution in [3.63, 3.8) is 0 Å². The molecule has 1 amide bonds. The highest BCUT2D eigenvalue weighted by Gasteiger charge is 2.26. The Kier molecular flexibility index (Phi) is 4.99. The lowest BCUT2D eigenvalue weighted by molar-refractivity contribution is 0.0938. The van der Waals surface area contributed by atoms with Crippen LogP contribution in [0.5, 0.6) is 0 Å². The van der Waals surface area contributed by atoms with Crippen molar-refractivity contribution in [1.29, 1.82) is 0 Å². The second kappa shape index (κ2) is 6.53. The van der Waals surface area contributed by atoms with E-state index in [1.165, 1.54) is 6.42 Å². The first-order chi connectivity index (χ1) is 9.10.